The van der Waals surface area contributed by atoms with Crippen molar-refractivity contribution in [3.63, 3.8) is 0 Å². The second-order valence-corrected chi connectivity index (χ2v) is 3.35. The molecule has 0 rings (SSSR count). The standard InChI is InChI=1S/C9H18O/c1-7(2)5-8(3)6-9(4)10/h6-7,9-10H,5H2,1-4H3. The van der Waals surface area contributed by atoms with E-state index in [0.717, 1.165) is 6.42 Å². The maximum atomic E-state index is 8.96. The molecule has 0 fully saturated rings. The van der Waals surface area contributed by atoms with E-state index < -0.39 is 0 Å². The van der Waals surface area contributed by atoms with Gasteiger partial charge in [0.15, 0.2) is 0 Å². The van der Waals surface area contributed by atoms with Crippen LogP contribution in [-0.2, 0) is 0 Å². The summed E-state index contributed by atoms with van der Waals surface area (Å²) in [5.41, 5.74) is 1.28. The van der Waals surface area contributed by atoms with Crippen LogP contribution in [0.3, 0.4) is 0 Å². The van der Waals surface area contributed by atoms with Crippen LogP contribution in [0, 0.1) is 5.92 Å². The number of hydrogen-bond acceptors (Lipinski definition) is 1. The molecule has 0 heterocycles. The summed E-state index contributed by atoms with van der Waals surface area (Å²) >= 11 is 0. The van der Waals surface area contributed by atoms with Crippen LogP contribution in [0.1, 0.15) is 34.1 Å². The highest BCUT2D eigenvalue weighted by atomic mass is 16.3. The normalized spacial score (nSPS) is 16.0. The van der Waals surface area contributed by atoms with Crippen LogP contribution in [-0.4, -0.2) is 11.2 Å². The van der Waals surface area contributed by atoms with E-state index in [0.29, 0.717) is 5.92 Å². The lowest BCUT2D eigenvalue weighted by atomic mass is 10.0. The molecule has 0 saturated carbocycles. The van der Waals surface area contributed by atoms with Crippen LogP contribution in [0.25, 0.3) is 0 Å². The highest BCUT2D eigenvalue weighted by Gasteiger charge is 1.96. The van der Waals surface area contributed by atoms with E-state index in [-0.39, 0.29) is 6.10 Å². The quantitative estimate of drug-likeness (QED) is 0.600. The Labute approximate surface area is 63.8 Å². The first-order valence-corrected chi connectivity index (χ1v) is 3.87. The van der Waals surface area contributed by atoms with E-state index in [1.54, 1.807) is 6.92 Å². The second kappa shape index (κ2) is 4.51. The van der Waals surface area contributed by atoms with Crippen molar-refractivity contribution in [1.29, 1.82) is 0 Å². The summed E-state index contributed by atoms with van der Waals surface area (Å²) < 4.78 is 0. The highest BCUT2D eigenvalue weighted by Crippen LogP contribution is 2.09. The smallest absolute Gasteiger partial charge is 0.0695 e. The molecule has 0 aliphatic carbocycles. The van der Waals surface area contributed by atoms with E-state index in [4.69, 9.17) is 5.11 Å². The Balaban J connectivity index is 3.71. The van der Waals surface area contributed by atoms with Gasteiger partial charge in [-0.3, -0.25) is 0 Å². The zero-order valence-corrected chi connectivity index (χ0v) is 7.39. The Kier molecular flexibility index (Phi) is 4.37. The zero-order chi connectivity index (χ0) is 8.15. The number of aliphatic hydroxyl groups excluding tert-OH is 1. The molecule has 1 unspecified atom stereocenters. The number of allylic oxidation sites excluding steroid dienone is 1. The first-order valence-electron chi connectivity index (χ1n) is 3.87. The van der Waals surface area contributed by atoms with Crippen LogP contribution in [0.4, 0.5) is 0 Å². The molecular formula is C9H18O. The van der Waals surface area contributed by atoms with Crippen LogP contribution in [0.5, 0.6) is 0 Å². The maximum absolute atomic E-state index is 8.96. The topological polar surface area (TPSA) is 20.2 Å². The van der Waals surface area contributed by atoms with Crippen molar-refractivity contribution in [2.45, 2.75) is 40.2 Å². The van der Waals surface area contributed by atoms with Crippen molar-refractivity contribution < 1.29 is 5.11 Å². The van der Waals surface area contributed by atoms with E-state index in [1.807, 2.05) is 6.08 Å². The molecule has 0 spiro atoms. The van der Waals surface area contributed by atoms with Crippen LogP contribution in [0.15, 0.2) is 11.6 Å². The number of rotatable bonds is 3. The Bertz CT molecular complexity index is 112. The van der Waals surface area contributed by atoms with E-state index in [2.05, 4.69) is 20.8 Å². The minimum absolute atomic E-state index is 0.293. The molecule has 10 heavy (non-hydrogen) atoms. The minimum atomic E-state index is -0.293. The Morgan fingerprint density at radius 3 is 2.20 bits per heavy atom. The van der Waals surface area contributed by atoms with Crippen molar-refractivity contribution in [2.75, 3.05) is 0 Å². The molecule has 0 saturated heterocycles. The zero-order valence-electron chi connectivity index (χ0n) is 7.39. The van der Waals surface area contributed by atoms with Crippen LogP contribution in [0.2, 0.25) is 0 Å². The first kappa shape index (κ1) is 9.70. The average molecular weight is 142 g/mol. The largest absolute Gasteiger partial charge is 0.389 e. The molecule has 0 aliphatic rings. The third-order valence-electron chi connectivity index (χ3n) is 1.26. The lowest BCUT2D eigenvalue weighted by Gasteiger charge is -2.05. The summed E-state index contributed by atoms with van der Waals surface area (Å²) in [6.45, 7) is 8.20. The van der Waals surface area contributed by atoms with Gasteiger partial charge in [0.2, 0.25) is 0 Å². The third kappa shape index (κ3) is 5.83. The molecule has 1 atom stereocenters. The molecule has 1 nitrogen and oxygen atoms in total. The van der Waals surface area contributed by atoms with Crippen molar-refractivity contribution in [1.82, 2.24) is 0 Å². The van der Waals surface area contributed by atoms with Crippen molar-refractivity contribution in [2.24, 2.45) is 5.92 Å². The SMILES string of the molecule is CC(=CC(C)O)CC(C)C. The molecule has 1 heteroatoms. The monoisotopic (exact) mass is 142 g/mol. The molecule has 0 radical (unpaired) electrons. The lowest BCUT2D eigenvalue weighted by Crippen LogP contribution is -1.96. The first-order chi connectivity index (χ1) is 4.52. The second-order valence-electron chi connectivity index (χ2n) is 3.35. The van der Waals surface area contributed by atoms with Gasteiger partial charge in [0.25, 0.3) is 0 Å². The summed E-state index contributed by atoms with van der Waals surface area (Å²) in [5, 5.41) is 8.96. The van der Waals surface area contributed by atoms with Crippen LogP contribution < -0.4 is 0 Å². The van der Waals surface area contributed by atoms with Gasteiger partial charge in [-0.15, -0.1) is 0 Å². The van der Waals surface area contributed by atoms with Crippen molar-refractivity contribution in [3.05, 3.63) is 11.6 Å². The molecule has 0 aromatic carbocycles. The molecule has 60 valence electrons. The fourth-order valence-corrected chi connectivity index (χ4v) is 1.12. The van der Waals surface area contributed by atoms with Gasteiger partial charge >= 0.3 is 0 Å². The third-order valence-corrected chi connectivity index (χ3v) is 1.26. The summed E-state index contributed by atoms with van der Waals surface area (Å²) in [7, 11) is 0. The van der Waals surface area contributed by atoms with Gasteiger partial charge in [0, 0.05) is 0 Å². The number of aliphatic hydroxyl groups is 1. The van der Waals surface area contributed by atoms with Gasteiger partial charge in [0.05, 0.1) is 6.10 Å². The molecule has 0 aliphatic heterocycles. The summed E-state index contributed by atoms with van der Waals surface area (Å²) in [4.78, 5) is 0. The van der Waals surface area contributed by atoms with E-state index >= 15 is 0 Å². The number of hydrogen-bond donors (Lipinski definition) is 1. The molecule has 1 N–H and O–H groups in total. The molecule has 0 aromatic rings. The fraction of sp³-hybridized carbons (Fsp3) is 0.778. The Morgan fingerprint density at radius 2 is 1.90 bits per heavy atom. The van der Waals surface area contributed by atoms with Gasteiger partial charge in [-0.05, 0) is 26.2 Å². The predicted octanol–water partition coefficient (Wildman–Crippen LogP) is 2.36. The van der Waals surface area contributed by atoms with Gasteiger partial charge < -0.3 is 5.11 Å². The van der Waals surface area contributed by atoms with Gasteiger partial charge in [-0.2, -0.15) is 0 Å². The Hall–Kier alpha value is -0.300. The van der Waals surface area contributed by atoms with E-state index in [1.165, 1.54) is 5.57 Å². The summed E-state index contributed by atoms with van der Waals surface area (Å²) in [5.74, 6) is 0.690. The fourth-order valence-electron chi connectivity index (χ4n) is 1.12. The maximum Gasteiger partial charge on any atom is 0.0695 e. The lowest BCUT2D eigenvalue weighted by molar-refractivity contribution is 0.242. The average Bonchev–Trinajstić information content (AvgIpc) is 1.58. The molecular weight excluding hydrogens is 124 g/mol. The van der Waals surface area contributed by atoms with E-state index in [9.17, 15) is 0 Å². The molecule has 0 amide bonds. The van der Waals surface area contributed by atoms with Gasteiger partial charge in [0.1, 0.15) is 0 Å². The van der Waals surface area contributed by atoms with Crippen molar-refractivity contribution in [3.8, 4) is 0 Å². The van der Waals surface area contributed by atoms with Crippen LogP contribution >= 0.6 is 0 Å². The van der Waals surface area contributed by atoms with Gasteiger partial charge in [-0.25, -0.2) is 0 Å². The summed E-state index contributed by atoms with van der Waals surface area (Å²) in [6.07, 6.45) is 2.70. The minimum Gasteiger partial charge on any atom is -0.389 e. The van der Waals surface area contributed by atoms with Gasteiger partial charge in [-0.1, -0.05) is 25.5 Å². The molecule has 0 aromatic heterocycles. The van der Waals surface area contributed by atoms with Crippen molar-refractivity contribution >= 4 is 0 Å². The summed E-state index contributed by atoms with van der Waals surface area (Å²) in [6, 6.07) is 0. The highest BCUT2D eigenvalue weighted by molar-refractivity contribution is 5.01. The predicted molar refractivity (Wildman–Crippen MR) is 44.9 cm³/mol. The molecule has 0 bridgehead atoms. The Morgan fingerprint density at radius 1 is 1.40 bits per heavy atom.